The summed E-state index contributed by atoms with van der Waals surface area (Å²) < 4.78 is 41.6. The molecular weight excluding hydrogens is 224 g/mol. The van der Waals surface area contributed by atoms with Crippen molar-refractivity contribution in [2.45, 2.75) is 52.0 Å². The summed E-state index contributed by atoms with van der Waals surface area (Å²) in [7, 11) is -0.400. The number of methoxy groups -OCH3 is 1. The molecule has 2 unspecified atom stereocenters. The number of nitrogens with one attached hydrogen (secondary N) is 1. The fourth-order valence-electron chi connectivity index (χ4n) is 0.485. The Bertz CT molecular complexity index is 183. The van der Waals surface area contributed by atoms with Crippen molar-refractivity contribution in [1.29, 1.82) is 0 Å². The topological polar surface area (TPSA) is 38.3 Å². The van der Waals surface area contributed by atoms with E-state index in [4.69, 9.17) is 0 Å². The maximum absolute atomic E-state index is 12.1. The number of halogens is 2. The number of alkyl halides is 2. The number of hydrogen-bond donors (Lipinski definition) is 1. The lowest BCUT2D eigenvalue weighted by Gasteiger charge is -2.22. The fourth-order valence-corrected chi connectivity index (χ4v) is 1.25. The Morgan fingerprint density at radius 3 is 1.87 bits per heavy atom. The molecule has 1 N–H and O–H groups in total. The van der Waals surface area contributed by atoms with Crippen molar-refractivity contribution in [3.8, 4) is 0 Å². The number of hydrogen-bond acceptors (Lipinski definition) is 2. The Morgan fingerprint density at radius 2 is 1.67 bits per heavy atom. The van der Waals surface area contributed by atoms with Crippen molar-refractivity contribution in [3.63, 3.8) is 0 Å². The third-order valence-corrected chi connectivity index (χ3v) is 2.82. The predicted molar refractivity (Wildman–Crippen MR) is 59.2 cm³/mol. The Kier molecular flexibility index (Phi) is 9.39. The summed E-state index contributed by atoms with van der Waals surface area (Å²) >= 11 is 0. The minimum atomic E-state index is -2.68. The van der Waals surface area contributed by atoms with Gasteiger partial charge in [0.2, 0.25) is 0 Å². The van der Waals surface area contributed by atoms with Gasteiger partial charge in [0.1, 0.15) is 0 Å². The quantitative estimate of drug-likeness (QED) is 0.772. The Hall–Kier alpha value is -0.0700. The zero-order valence-corrected chi connectivity index (χ0v) is 11.0. The van der Waals surface area contributed by atoms with E-state index in [2.05, 4.69) is 9.46 Å². The molecule has 0 heterocycles. The van der Waals surface area contributed by atoms with Crippen molar-refractivity contribution in [3.05, 3.63) is 0 Å². The standard InChI is InChI=1S/C7H15F2NO2S.C2H6/c1-7(2,3)13(11)10-6(12-4)5(8)9;1-2/h5-6,10H,1-4H3;1-2H3. The van der Waals surface area contributed by atoms with Crippen LogP contribution in [0.4, 0.5) is 8.78 Å². The second-order valence-electron chi connectivity index (χ2n) is 3.49. The first-order valence-corrected chi connectivity index (χ1v) is 5.93. The molecule has 15 heavy (non-hydrogen) atoms. The number of ether oxygens (including phenoxy) is 1. The highest BCUT2D eigenvalue weighted by atomic mass is 32.2. The van der Waals surface area contributed by atoms with Gasteiger partial charge in [-0.15, -0.1) is 0 Å². The van der Waals surface area contributed by atoms with E-state index in [1.807, 2.05) is 13.8 Å². The van der Waals surface area contributed by atoms with Crippen LogP contribution in [0.2, 0.25) is 0 Å². The van der Waals surface area contributed by atoms with Crippen LogP contribution in [0.25, 0.3) is 0 Å². The van der Waals surface area contributed by atoms with Crippen molar-refractivity contribution < 1.29 is 17.7 Å². The molecule has 0 aliphatic carbocycles. The van der Waals surface area contributed by atoms with Gasteiger partial charge in [0.25, 0.3) is 6.43 Å². The summed E-state index contributed by atoms with van der Waals surface area (Å²) in [6, 6.07) is 0. The largest absolute Gasteiger partial charge is 0.360 e. The van der Waals surface area contributed by atoms with Crippen LogP contribution in [0.1, 0.15) is 34.6 Å². The molecule has 6 heteroatoms. The van der Waals surface area contributed by atoms with E-state index in [0.717, 1.165) is 7.11 Å². The summed E-state index contributed by atoms with van der Waals surface area (Å²) in [4.78, 5) is 0. The summed E-state index contributed by atoms with van der Waals surface area (Å²) in [5.74, 6) is 0. The van der Waals surface area contributed by atoms with E-state index >= 15 is 0 Å². The van der Waals surface area contributed by atoms with E-state index in [1.54, 1.807) is 20.8 Å². The Balaban J connectivity index is 0. The molecular formula is C9H21F2NO2S. The second-order valence-corrected chi connectivity index (χ2v) is 5.49. The van der Waals surface area contributed by atoms with Gasteiger partial charge in [-0.25, -0.2) is 17.7 Å². The van der Waals surface area contributed by atoms with E-state index < -0.39 is 28.4 Å². The van der Waals surface area contributed by atoms with Gasteiger partial charge in [-0.1, -0.05) is 13.8 Å². The minimum absolute atomic E-state index is 0.578. The van der Waals surface area contributed by atoms with Crippen LogP contribution < -0.4 is 4.72 Å². The highest BCUT2D eigenvalue weighted by Gasteiger charge is 2.27. The fraction of sp³-hybridized carbons (Fsp3) is 1.00. The molecule has 0 aromatic carbocycles. The molecule has 0 aromatic heterocycles. The van der Waals surface area contributed by atoms with Crippen LogP contribution in [0.5, 0.6) is 0 Å². The molecule has 2 atom stereocenters. The predicted octanol–water partition coefficient (Wildman–Crippen LogP) is 2.30. The highest BCUT2D eigenvalue weighted by molar-refractivity contribution is 7.84. The van der Waals surface area contributed by atoms with Crippen molar-refractivity contribution in [2.75, 3.05) is 7.11 Å². The van der Waals surface area contributed by atoms with Crippen LogP contribution >= 0.6 is 0 Å². The van der Waals surface area contributed by atoms with E-state index in [9.17, 15) is 13.0 Å². The van der Waals surface area contributed by atoms with Crippen LogP contribution in [0.3, 0.4) is 0 Å². The van der Waals surface area contributed by atoms with Crippen molar-refractivity contribution in [2.24, 2.45) is 0 Å². The van der Waals surface area contributed by atoms with Gasteiger partial charge >= 0.3 is 0 Å². The summed E-state index contributed by atoms with van der Waals surface area (Å²) in [5, 5.41) is 0. The van der Waals surface area contributed by atoms with Gasteiger partial charge in [-0.05, 0) is 20.8 Å². The summed E-state index contributed by atoms with van der Waals surface area (Å²) in [6.07, 6.45) is -4.16. The van der Waals surface area contributed by atoms with Crippen molar-refractivity contribution in [1.82, 2.24) is 4.72 Å². The first kappa shape index (κ1) is 17.3. The van der Waals surface area contributed by atoms with Crippen molar-refractivity contribution >= 4 is 11.0 Å². The third-order valence-electron chi connectivity index (χ3n) is 1.26. The first-order chi connectivity index (χ1) is 6.79. The van der Waals surface area contributed by atoms with Gasteiger partial charge in [0, 0.05) is 7.11 Å². The van der Waals surface area contributed by atoms with E-state index in [-0.39, 0.29) is 0 Å². The molecule has 0 amide bonds. The highest BCUT2D eigenvalue weighted by Crippen LogP contribution is 2.11. The van der Waals surface area contributed by atoms with Gasteiger partial charge in [-0.3, -0.25) is 0 Å². The third kappa shape index (κ3) is 7.81. The molecule has 0 saturated carbocycles. The van der Waals surface area contributed by atoms with Gasteiger partial charge in [0.15, 0.2) is 6.23 Å². The van der Waals surface area contributed by atoms with E-state index in [1.165, 1.54) is 0 Å². The molecule has 0 fully saturated rings. The number of rotatable bonds is 4. The molecule has 0 aromatic rings. The molecule has 0 radical (unpaired) electrons. The molecule has 0 bridgehead atoms. The van der Waals surface area contributed by atoms with Gasteiger partial charge in [-0.2, -0.15) is 0 Å². The average molecular weight is 245 g/mol. The molecule has 94 valence electrons. The SMILES string of the molecule is CC.COC(NS(=O)C(C)(C)C)C(F)F. The lowest BCUT2D eigenvalue weighted by molar-refractivity contribution is -0.0378. The lowest BCUT2D eigenvalue weighted by atomic mass is 10.3. The molecule has 0 aliphatic heterocycles. The zero-order valence-electron chi connectivity index (χ0n) is 10.1. The molecule has 0 rings (SSSR count). The lowest BCUT2D eigenvalue weighted by Crippen LogP contribution is -2.44. The molecule has 0 spiro atoms. The average Bonchev–Trinajstić information content (AvgIpc) is 2.14. The first-order valence-electron chi connectivity index (χ1n) is 4.78. The Morgan fingerprint density at radius 1 is 1.27 bits per heavy atom. The van der Waals surface area contributed by atoms with Crippen LogP contribution in [0, 0.1) is 0 Å². The molecule has 3 nitrogen and oxygen atoms in total. The summed E-state index contributed by atoms with van der Waals surface area (Å²) in [6.45, 7) is 9.07. The zero-order chi connectivity index (χ0) is 12.6. The van der Waals surface area contributed by atoms with Crippen LogP contribution in [0.15, 0.2) is 0 Å². The van der Waals surface area contributed by atoms with Gasteiger partial charge < -0.3 is 4.74 Å². The monoisotopic (exact) mass is 245 g/mol. The van der Waals surface area contributed by atoms with E-state index in [0.29, 0.717) is 0 Å². The molecule has 0 aliphatic rings. The van der Waals surface area contributed by atoms with Gasteiger partial charge in [0.05, 0.1) is 15.7 Å². The Labute approximate surface area is 93.2 Å². The van der Waals surface area contributed by atoms with Crippen LogP contribution in [-0.2, 0) is 15.7 Å². The minimum Gasteiger partial charge on any atom is -0.360 e. The maximum Gasteiger partial charge on any atom is 0.278 e. The second kappa shape index (κ2) is 8.13. The normalized spacial score (nSPS) is 15.5. The van der Waals surface area contributed by atoms with Crippen LogP contribution in [-0.4, -0.2) is 28.7 Å². The smallest absolute Gasteiger partial charge is 0.278 e. The molecule has 0 saturated heterocycles. The maximum atomic E-state index is 12.1. The summed E-state index contributed by atoms with van der Waals surface area (Å²) in [5.41, 5.74) is 0.